The third kappa shape index (κ3) is 6.23. The smallest absolute Gasteiger partial charge is 0.190 e. The molecule has 0 radical (unpaired) electrons. The monoisotopic (exact) mass is 449 g/mol. The Hall–Kier alpha value is -4.06. The summed E-state index contributed by atoms with van der Waals surface area (Å²) < 4.78 is 19.9. The zero-order valence-electron chi connectivity index (χ0n) is 18.8. The highest BCUT2D eigenvalue weighted by atomic mass is 19.1. The number of nitrogens with two attached hydrogens (primary N) is 1. The minimum atomic E-state index is -0.345. The van der Waals surface area contributed by atoms with Crippen LogP contribution in [0.3, 0.4) is 0 Å². The molecule has 0 spiro atoms. The number of aromatic nitrogens is 2. The van der Waals surface area contributed by atoms with Crippen LogP contribution in [0.1, 0.15) is 23.2 Å². The fraction of sp³-hybridized carbons (Fsp3) is 0.292. The van der Waals surface area contributed by atoms with Crippen molar-refractivity contribution in [3.05, 3.63) is 71.2 Å². The SMILES string of the molecule is CN=C(NCCCc1nn(-c2ccc(F)cc2)c(N)c1C#N)NCCc1ccc(OC)cc1. The minimum Gasteiger partial charge on any atom is -0.497 e. The molecule has 3 aromatic rings. The number of nitriles is 1. The minimum absolute atomic E-state index is 0.253. The van der Waals surface area contributed by atoms with E-state index in [1.807, 2.05) is 24.3 Å². The van der Waals surface area contributed by atoms with Crippen LogP contribution in [-0.4, -0.2) is 43.0 Å². The van der Waals surface area contributed by atoms with E-state index in [0.717, 1.165) is 25.1 Å². The van der Waals surface area contributed by atoms with E-state index >= 15 is 0 Å². The van der Waals surface area contributed by atoms with Gasteiger partial charge >= 0.3 is 0 Å². The quantitative estimate of drug-likeness (QED) is 0.263. The van der Waals surface area contributed by atoms with Gasteiger partial charge in [0.15, 0.2) is 5.96 Å². The lowest BCUT2D eigenvalue weighted by Gasteiger charge is -2.12. The molecule has 0 saturated carbocycles. The highest BCUT2D eigenvalue weighted by Crippen LogP contribution is 2.21. The molecule has 0 saturated heterocycles. The zero-order chi connectivity index (χ0) is 23.6. The van der Waals surface area contributed by atoms with Crippen LogP contribution < -0.4 is 21.1 Å². The van der Waals surface area contributed by atoms with Crippen LogP contribution >= 0.6 is 0 Å². The molecule has 0 atom stereocenters. The third-order valence-electron chi connectivity index (χ3n) is 5.15. The van der Waals surface area contributed by atoms with Gasteiger partial charge in [0, 0.05) is 20.1 Å². The van der Waals surface area contributed by atoms with Crippen LogP contribution in [0.4, 0.5) is 10.2 Å². The van der Waals surface area contributed by atoms with Gasteiger partial charge in [-0.1, -0.05) is 12.1 Å². The summed E-state index contributed by atoms with van der Waals surface area (Å²) >= 11 is 0. The molecular formula is C24H28FN7O. The molecule has 172 valence electrons. The van der Waals surface area contributed by atoms with Gasteiger partial charge in [-0.05, 0) is 61.2 Å². The molecule has 9 heteroatoms. The Bertz CT molecular complexity index is 1120. The summed E-state index contributed by atoms with van der Waals surface area (Å²) in [4.78, 5) is 4.24. The number of halogens is 1. The fourth-order valence-electron chi connectivity index (χ4n) is 3.35. The summed E-state index contributed by atoms with van der Waals surface area (Å²) in [6.45, 7) is 1.39. The molecule has 2 aromatic carbocycles. The van der Waals surface area contributed by atoms with Gasteiger partial charge in [0.05, 0.1) is 18.5 Å². The Kier molecular flexibility index (Phi) is 8.24. The number of anilines is 1. The van der Waals surface area contributed by atoms with Crippen molar-refractivity contribution in [2.45, 2.75) is 19.3 Å². The molecule has 0 aliphatic carbocycles. The highest BCUT2D eigenvalue weighted by Gasteiger charge is 2.16. The Morgan fingerprint density at radius 1 is 1.12 bits per heavy atom. The maximum atomic E-state index is 13.2. The van der Waals surface area contributed by atoms with Crippen LogP contribution in [0.15, 0.2) is 53.5 Å². The van der Waals surface area contributed by atoms with Crippen molar-refractivity contribution in [1.82, 2.24) is 20.4 Å². The number of ether oxygens (including phenoxy) is 1. The van der Waals surface area contributed by atoms with Crippen LogP contribution in [0.5, 0.6) is 5.75 Å². The van der Waals surface area contributed by atoms with E-state index < -0.39 is 0 Å². The van der Waals surface area contributed by atoms with E-state index in [-0.39, 0.29) is 11.6 Å². The molecule has 1 heterocycles. The second-order valence-corrected chi connectivity index (χ2v) is 7.33. The van der Waals surface area contributed by atoms with Crippen LogP contribution in [0.25, 0.3) is 5.69 Å². The Labute approximate surface area is 192 Å². The molecule has 8 nitrogen and oxygen atoms in total. The number of hydrogen-bond donors (Lipinski definition) is 3. The van der Waals surface area contributed by atoms with Gasteiger partial charge in [-0.2, -0.15) is 10.4 Å². The first-order valence-corrected chi connectivity index (χ1v) is 10.7. The molecule has 0 fully saturated rings. The summed E-state index contributed by atoms with van der Waals surface area (Å²) in [7, 11) is 3.38. The molecular weight excluding hydrogens is 421 g/mol. The maximum absolute atomic E-state index is 13.2. The number of hydrogen-bond acceptors (Lipinski definition) is 5. The molecule has 33 heavy (non-hydrogen) atoms. The summed E-state index contributed by atoms with van der Waals surface area (Å²) in [6, 6.07) is 15.9. The zero-order valence-corrected chi connectivity index (χ0v) is 18.8. The van der Waals surface area contributed by atoms with Crippen molar-refractivity contribution in [2.75, 3.05) is 33.0 Å². The Balaban J connectivity index is 1.48. The lowest BCUT2D eigenvalue weighted by Crippen LogP contribution is -2.38. The lowest BCUT2D eigenvalue weighted by atomic mass is 10.1. The van der Waals surface area contributed by atoms with Crippen LogP contribution in [-0.2, 0) is 12.8 Å². The number of benzene rings is 2. The van der Waals surface area contributed by atoms with Gasteiger partial charge in [-0.3, -0.25) is 4.99 Å². The molecule has 0 amide bonds. The van der Waals surface area contributed by atoms with E-state index in [0.29, 0.717) is 35.9 Å². The number of aliphatic imine (C=N–C) groups is 1. The van der Waals surface area contributed by atoms with Crippen LogP contribution in [0, 0.1) is 17.1 Å². The van der Waals surface area contributed by atoms with Crippen LogP contribution in [0.2, 0.25) is 0 Å². The van der Waals surface area contributed by atoms with Crippen molar-refractivity contribution in [2.24, 2.45) is 4.99 Å². The Morgan fingerprint density at radius 3 is 2.45 bits per heavy atom. The topological polar surface area (TPSA) is 113 Å². The van der Waals surface area contributed by atoms with E-state index in [1.54, 1.807) is 26.3 Å². The highest BCUT2D eigenvalue weighted by molar-refractivity contribution is 5.79. The average molecular weight is 450 g/mol. The molecule has 0 aliphatic rings. The second-order valence-electron chi connectivity index (χ2n) is 7.33. The molecule has 3 rings (SSSR count). The second kappa shape index (κ2) is 11.5. The first-order chi connectivity index (χ1) is 16.0. The first-order valence-electron chi connectivity index (χ1n) is 10.7. The van der Waals surface area contributed by atoms with Crippen molar-refractivity contribution in [3.63, 3.8) is 0 Å². The molecule has 0 bridgehead atoms. The van der Waals surface area contributed by atoms with E-state index in [9.17, 15) is 9.65 Å². The van der Waals surface area contributed by atoms with Gasteiger partial charge in [-0.15, -0.1) is 0 Å². The third-order valence-corrected chi connectivity index (χ3v) is 5.15. The molecule has 1 aromatic heterocycles. The van der Waals surface area contributed by atoms with Gasteiger partial charge in [0.2, 0.25) is 0 Å². The number of nitrogens with one attached hydrogen (secondary N) is 2. The van der Waals surface area contributed by atoms with Gasteiger partial charge in [-0.25, -0.2) is 9.07 Å². The molecule has 0 aliphatic heterocycles. The number of methoxy groups -OCH3 is 1. The fourth-order valence-corrected chi connectivity index (χ4v) is 3.35. The summed E-state index contributed by atoms with van der Waals surface area (Å²) in [5.74, 6) is 1.46. The summed E-state index contributed by atoms with van der Waals surface area (Å²) in [5.41, 5.74) is 8.89. The van der Waals surface area contributed by atoms with E-state index in [1.165, 1.54) is 22.4 Å². The number of nitrogens with zero attached hydrogens (tertiary/aromatic N) is 4. The maximum Gasteiger partial charge on any atom is 0.190 e. The molecule has 0 unspecified atom stereocenters. The largest absolute Gasteiger partial charge is 0.497 e. The number of aryl methyl sites for hydroxylation is 1. The predicted molar refractivity (Wildman–Crippen MR) is 127 cm³/mol. The lowest BCUT2D eigenvalue weighted by molar-refractivity contribution is 0.414. The van der Waals surface area contributed by atoms with Crippen molar-refractivity contribution >= 4 is 11.8 Å². The van der Waals surface area contributed by atoms with E-state index in [4.69, 9.17) is 10.5 Å². The van der Waals surface area contributed by atoms with Gasteiger partial charge < -0.3 is 21.1 Å². The number of guanidine groups is 1. The van der Waals surface area contributed by atoms with Crippen molar-refractivity contribution in [1.29, 1.82) is 5.26 Å². The molecule has 4 N–H and O–H groups in total. The Morgan fingerprint density at radius 2 is 1.82 bits per heavy atom. The van der Waals surface area contributed by atoms with E-state index in [2.05, 4.69) is 26.8 Å². The van der Waals surface area contributed by atoms with Gasteiger partial charge in [0.1, 0.15) is 29.0 Å². The first kappa shape index (κ1) is 23.6. The predicted octanol–water partition coefficient (Wildman–Crippen LogP) is 2.81. The van der Waals surface area contributed by atoms with Gasteiger partial charge in [0.25, 0.3) is 0 Å². The standard InChI is InChI=1S/C24H28FN7O/c1-28-24(30-15-13-17-5-11-20(33-2)12-6-17)29-14-3-4-22-21(16-26)23(27)32(31-22)19-9-7-18(25)8-10-19/h5-12H,3-4,13-15,27H2,1-2H3,(H2,28,29,30). The van der Waals surface area contributed by atoms with Crippen molar-refractivity contribution in [3.8, 4) is 17.5 Å². The average Bonchev–Trinajstić information content (AvgIpc) is 3.16. The van der Waals surface area contributed by atoms with Crippen molar-refractivity contribution < 1.29 is 9.13 Å². The summed E-state index contributed by atoms with van der Waals surface area (Å²) in [5, 5.41) is 20.6. The number of rotatable bonds is 9. The normalized spacial score (nSPS) is 11.2. The summed E-state index contributed by atoms with van der Waals surface area (Å²) in [6.07, 6.45) is 2.15. The number of nitrogen functional groups attached to an aromatic ring is 1.